The van der Waals surface area contributed by atoms with E-state index in [0.29, 0.717) is 6.54 Å². The van der Waals surface area contributed by atoms with E-state index in [1.165, 1.54) is 5.56 Å². The van der Waals surface area contributed by atoms with Gasteiger partial charge in [0.15, 0.2) is 0 Å². The molecule has 0 aliphatic carbocycles. The molecule has 20 heavy (non-hydrogen) atoms. The number of hydrogen-bond donors (Lipinski definition) is 2. The monoisotopic (exact) mass is 292 g/mol. The van der Waals surface area contributed by atoms with E-state index >= 15 is 0 Å². The number of aromatic nitrogens is 1. The Morgan fingerprint density at radius 2 is 2.15 bits per heavy atom. The molecule has 0 unspecified atom stereocenters. The summed E-state index contributed by atoms with van der Waals surface area (Å²) in [6, 6.07) is 7.95. The number of carboxylic acid groups (broad SMARTS) is 1. The topological polar surface area (TPSA) is 71.5 Å². The van der Waals surface area contributed by atoms with Crippen LogP contribution in [-0.4, -0.2) is 29.7 Å². The number of rotatable bonds is 7. The second-order valence-corrected chi connectivity index (χ2v) is 5.08. The summed E-state index contributed by atoms with van der Waals surface area (Å²) in [4.78, 5) is 14.7. The summed E-state index contributed by atoms with van der Waals surface area (Å²) in [5.41, 5.74) is 1.99. The predicted molar refractivity (Wildman–Crippen MR) is 77.5 cm³/mol. The van der Waals surface area contributed by atoms with E-state index in [1.807, 2.05) is 24.3 Å². The van der Waals surface area contributed by atoms with Gasteiger partial charge in [0.05, 0.1) is 12.8 Å². The van der Waals surface area contributed by atoms with Crippen LogP contribution in [0, 0.1) is 0 Å². The van der Waals surface area contributed by atoms with Crippen LogP contribution in [0.25, 0.3) is 0 Å². The summed E-state index contributed by atoms with van der Waals surface area (Å²) in [7, 11) is 1.65. The van der Waals surface area contributed by atoms with Crippen LogP contribution in [-0.2, 0) is 13.0 Å². The van der Waals surface area contributed by atoms with Gasteiger partial charge in [0, 0.05) is 11.9 Å². The molecule has 0 saturated heterocycles. The normalized spacial score (nSPS) is 10.4. The van der Waals surface area contributed by atoms with Gasteiger partial charge in [-0.1, -0.05) is 12.1 Å². The number of nitrogens with one attached hydrogen (secondary N) is 1. The zero-order valence-electron chi connectivity index (χ0n) is 11.1. The van der Waals surface area contributed by atoms with E-state index in [1.54, 1.807) is 12.5 Å². The van der Waals surface area contributed by atoms with E-state index < -0.39 is 5.97 Å². The van der Waals surface area contributed by atoms with E-state index in [4.69, 9.17) is 9.84 Å². The summed E-state index contributed by atoms with van der Waals surface area (Å²) in [6.07, 6.45) is 0.903. The fourth-order valence-corrected chi connectivity index (χ4v) is 2.38. The summed E-state index contributed by atoms with van der Waals surface area (Å²) in [6.45, 7) is 1.40. The van der Waals surface area contributed by atoms with Crippen molar-refractivity contribution in [1.29, 1.82) is 0 Å². The van der Waals surface area contributed by atoms with Crippen molar-refractivity contribution < 1.29 is 14.6 Å². The minimum Gasteiger partial charge on any atom is -0.497 e. The smallest absolute Gasteiger partial charge is 0.365 e. The van der Waals surface area contributed by atoms with Gasteiger partial charge in [-0.15, -0.1) is 11.3 Å². The van der Waals surface area contributed by atoms with Gasteiger partial charge in [-0.3, -0.25) is 0 Å². The van der Waals surface area contributed by atoms with Crippen LogP contribution in [0.4, 0.5) is 0 Å². The van der Waals surface area contributed by atoms with Crippen molar-refractivity contribution in [2.75, 3.05) is 13.7 Å². The molecule has 0 radical (unpaired) electrons. The first kappa shape index (κ1) is 14.5. The number of ether oxygens (including phenoxy) is 1. The SMILES string of the molecule is COc1ccc(CCNCc2csc(C(=O)O)n2)cc1. The highest BCUT2D eigenvalue weighted by Crippen LogP contribution is 2.12. The Labute approximate surface area is 121 Å². The van der Waals surface area contributed by atoms with Crippen molar-refractivity contribution in [3.05, 3.63) is 45.9 Å². The van der Waals surface area contributed by atoms with Gasteiger partial charge >= 0.3 is 5.97 Å². The second-order valence-electron chi connectivity index (χ2n) is 4.22. The molecular weight excluding hydrogens is 276 g/mol. The Bertz CT molecular complexity index is 566. The van der Waals surface area contributed by atoms with Crippen LogP contribution in [0.5, 0.6) is 5.75 Å². The van der Waals surface area contributed by atoms with Crippen molar-refractivity contribution in [2.24, 2.45) is 0 Å². The fraction of sp³-hybridized carbons (Fsp3) is 0.286. The van der Waals surface area contributed by atoms with Crippen LogP contribution in [0.3, 0.4) is 0 Å². The Morgan fingerprint density at radius 3 is 2.75 bits per heavy atom. The molecule has 5 nitrogen and oxygen atoms in total. The van der Waals surface area contributed by atoms with Crippen molar-refractivity contribution in [3.8, 4) is 5.75 Å². The van der Waals surface area contributed by atoms with Gasteiger partial charge in [0.2, 0.25) is 5.01 Å². The first-order chi connectivity index (χ1) is 9.69. The maximum absolute atomic E-state index is 10.7. The molecule has 2 N–H and O–H groups in total. The maximum Gasteiger partial charge on any atom is 0.365 e. The highest BCUT2D eigenvalue weighted by molar-refractivity contribution is 7.11. The number of thiazole rings is 1. The number of carbonyl (C=O) groups is 1. The first-order valence-corrected chi connectivity index (χ1v) is 7.08. The number of hydrogen-bond acceptors (Lipinski definition) is 5. The molecule has 2 rings (SSSR count). The number of aromatic carboxylic acids is 1. The van der Waals surface area contributed by atoms with Gasteiger partial charge in [-0.2, -0.15) is 0 Å². The molecule has 1 aromatic heterocycles. The number of carboxylic acids is 1. The highest BCUT2D eigenvalue weighted by Gasteiger charge is 2.08. The molecule has 6 heteroatoms. The molecule has 0 amide bonds. The summed E-state index contributed by atoms with van der Waals surface area (Å²) in [5, 5.41) is 13.9. The summed E-state index contributed by atoms with van der Waals surface area (Å²) in [5.74, 6) is -0.120. The van der Waals surface area contributed by atoms with Crippen molar-refractivity contribution in [2.45, 2.75) is 13.0 Å². The molecule has 0 atom stereocenters. The first-order valence-electron chi connectivity index (χ1n) is 6.20. The van der Waals surface area contributed by atoms with Crippen LogP contribution in [0.1, 0.15) is 21.1 Å². The van der Waals surface area contributed by atoms with Crippen molar-refractivity contribution >= 4 is 17.3 Å². The third kappa shape index (κ3) is 4.04. The lowest BCUT2D eigenvalue weighted by Gasteiger charge is -2.04. The molecule has 2 aromatic rings. The lowest BCUT2D eigenvalue weighted by atomic mass is 10.1. The lowest BCUT2D eigenvalue weighted by molar-refractivity contribution is 0.0696. The molecule has 0 saturated carbocycles. The average Bonchev–Trinajstić information content (AvgIpc) is 2.93. The van der Waals surface area contributed by atoms with Crippen LogP contribution >= 0.6 is 11.3 Å². The average molecular weight is 292 g/mol. The largest absolute Gasteiger partial charge is 0.497 e. The van der Waals surface area contributed by atoms with E-state index in [-0.39, 0.29) is 5.01 Å². The summed E-state index contributed by atoms with van der Waals surface area (Å²) >= 11 is 1.15. The van der Waals surface area contributed by atoms with Gasteiger partial charge < -0.3 is 15.2 Å². The molecule has 0 bridgehead atoms. The molecular formula is C14H16N2O3S. The van der Waals surface area contributed by atoms with Crippen molar-refractivity contribution in [3.63, 3.8) is 0 Å². The molecule has 0 aliphatic rings. The molecule has 1 heterocycles. The Hall–Kier alpha value is -1.92. The number of methoxy groups -OCH3 is 1. The predicted octanol–water partition coefficient (Wildman–Crippen LogP) is 2.18. The highest BCUT2D eigenvalue weighted by atomic mass is 32.1. The zero-order chi connectivity index (χ0) is 14.4. The van der Waals surface area contributed by atoms with Gasteiger partial charge in [0.25, 0.3) is 0 Å². The fourth-order valence-electron chi connectivity index (χ4n) is 1.73. The minimum absolute atomic E-state index is 0.136. The minimum atomic E-state index is -0.973. The third-order valence-electron chi connectivity index (χ3n) is 2.79. The van der Waals surface area contributed by atoms with E-state index in [9.17, 15) is 4.79 Å². The quantitative estimate of drug-likeness (QED) is 0.765. The summed E-state index contributed by atoms with van der Waals surface area (Å²) < 4.78 is 5.10. The number of benzene rings is 1. The number of nitrogens with zero attached hydrogens (tertiary/aromatic N) is 1. The van der Waals surface area contributed by atoms with Crippen molar-refractivity contribution in [1.82, 2.24) is 10.3 Å². The van der Waals surface area contributed by atoms with E-state index in [2.05, 4.69) is 10.3 Å². The molecule has 0 aliphatic heterocycles. The Kier molecular flexibility index (Phi) is 5.09. The third-order valence-corrected chi connectivity index (χ3v) is 3.67. The maximum atomic E-state index is 10.7. The van der Waals surface area contributed by atoms with Gasteiger partial charge in [-0.25, -0.2) is 9.78 Å². The molecule has 0 spiro atoms. The Morgan fingerprint density at radius 1 is 1.40 bits per heavy atom. The standard InChI is InChI=1S/C14H16N2O3S/c1-19-12-4-2-10(3-5-12)6-7-15-8-11-9-20-13(16-11)14(17)18/h2-5,9,15H,6-8H2,1H3,(H,17,18). The Balaban J connectivity index is 1.73. The lowest BCUT2D eigenvalue weighted by Crippen LogP contribution is -2.17. The van der Waals surface area contributed by atoms with Gasteiger partial charge in [0.1, 0.15) is 5.75 Å². The van der Waals surface area contributed by atoms with Gasteiger partial charge in [-0.05, 0) is 30.7 Å². The zero-order valence-corrected chi connectivity index (χ0v) is 11.9. The molecule has 1 aromatic carbocycles. The van der Waals surface area contributed by atoms with Crippen LogP contribution in [0.15, 0.2) is 29.6 Å². The molecule has 0 fully saturated rings. The van der Waals surface area contributed by atoms with Crippen LogP contribution in [0.2, 0.25) is 0 Å². The van der Waals surface area contributed by atoms with E-state index in [0.717, 1.165) is 35.7 Å². The second kappa shape index (κ2) is 7.02. The van der Waals surface area contributed by atoms with Crippen LogP contribution < -0.4 is 10.1 Å². The molecule has 106 valence electrons.